The maximum atomic E-state index is 6.16. The lowest BCUT2D eigenvalue weighted by Gasteiger charge is -2.17. The molecule has 94 valence electrons. The number of rotatable bonds is 5. The predicted octanol–water partition coefficient (Wildman–Crippen LogP) is 3.49. The van der Waals surface area contributed by atoms with Crippen LogP contribution in [-0.2, 0) is 11.2 Å². The summed E-state index contributed by atoms with van der Waals surface area (Å²) in [6.45, 7) is 6.75. The van der Waals surface area contributed by atoms with Gasteiger partial charge in [-0.3, -0.25) is 0 Å². The Morgan fingerprint density at radius 2 is 2.06 bits per heavy atom. The van der Waals surface area contributed by atoms with Crippen LogP contribution in [0.5, 0.6) is 0 Å². The van der Waals surface area contributed by atoms with Gasteiger partial charge < -0.3 is 4.74 Å². The first-order valence-corrected chi connectivity index (χ1v) is 6.69. The summed E-state index contributed by atoms with van der Waals surface area (Å²) in [5, 5.41) is 0.567. The second kappa shape index (κ2) is 5.32. The van der Waals surface area contributed by atoms with Gasteiger partial charge in [0, 0.05) is 17.9 Å². The van der Waals surface area contributed by atoms with Crippen LogP contribution in [0.3, 0.4) is 0 Å². The third kappa shape index (κ3) is 2.78. The van der Waals surface area contributed by atoms with E-state index in [9.17, 15) is 0 Å². The Balaban J connectivity index is 2.32. The Kier molecular flexibility index (Phi) is 4.00. The molecule has 0 radical (unpaired) electrons. The van der Waals surface area contributed by atoms with E-state index in [1.54, 1.807) is 0 Å². The largest absolute Gasteiger partial charge is 0.370 e. The lowest BCUT2D eigenvalue weighted by Crippen LogP contribution is -2.13. The number of aryl methyl sites for hydroxylation is 1. The van der Waals surface area contributed by atoms with Crippen molar-refractivity contribution < 1.29 is 4.74 Å². The topological polar surface area (TPSA) is 35.0 Å². The summed E-state index contributed by atoms with van der Waals surface area (Å²) >= 11 is 6.16. The molecule has 1 unspecified atom stereocenters. The van der Waals surface area contributed by atoms with E-state index in [1.165, 1.54) is 12.8 Å². The van der Waals surface area contributed by atoms with Crippen LogP contribution in [0.25, 0.3) is 0 Å². The van der Waals surface area contributed by atoms with Crippen LogP contribution in [0.15, 0.2) is 0 Å². The molecule has 1 aliphatic rings. The molecule has 1 saturated carbocycles. The van der Waals surface area contributed by atoms with Crippen molar-refractivity contribution in [2.45, 2.75) is 46.1 Å². The summed E-state index contributed by atoms with van der Waals surface area (Å²) in [6, 6.07) is 0. The Morgan fingerprint density at radius 1 is 1.35 bits per heavy atom. The van der Waals surface area contributed by atoms with E-state index < -0.39 is 0 Å². The van der Waals surface area contributed by atoms with Gasteiger partial charge in [0.05, 0.1) is 0 Å². The summed E-state index contributed by atoms with van der Waals surface area (Å²) in [6.07, 6.45) is 3.33. The molecule has 1 atom stereocenters. The average molecular weight is 255 g/mol. The lowest BCUT2D eigenvalue weighted by molar-refractivity contribution is 0.0398. The van der Waals surface area contributed by atoms with Crippen molar-refractivity contribution in [2.75, 3.05) is 6.61 Å². The van der Waals surface area contributed by atoms with Gasteiger partial charge in [0.1, 0.15) is 11.3 Å². The minimum atomic E-state index is 0.0309. The standard InChI is InChI=1S/C13H19ClN2O/c1-4-10-8(3)12(14)16-13(15-10)11(17-5-2)9-6-7-9/h9,11H,4-7H2,1-3H3. The zero-order valence-electron chi connectivity index (χ0n) is 10.7. The van der Waals surface area contributed by atoms with E-state index >= 15 is 0 Å². The normalized spacial score (nSPS) is 17.2. The zero-order chi connectivity index (χ0) is 12.4. The van der Waals surface area contributed by atoms with Crippen molar-refractivity contribution in [3.63, 3.8) is 0 Å². The third-order valence-electron chi connectivity index (χ3n) is 3.19. The SMILES string of the molecule is CCOC(c1nc(Cl)c(C)c(CC)n1)C1CC1. The Labute approximate surface area is 108 Å². The van der Waals surface area contributed by atoms with Crippen LogP contribution in [0.2, 0.25) is 5.15 Å². The van der Waals surface area contributed by atoms with Crippen molar-refractivity contribution in [1.29, 1.82) is 0 Å². The smallest absolute Gasteiger partial charge is 0.159 e. The van der Waals surface area contributed by atoms with E-state index in [0.29, 0.717) is 17.7 Å². The van der Waals surface area contributed by atoms with E-state index in [4.69, 9.17) is 16.3 Å². The maximum Gasteiger partial charge on any atom is 0.159 e. The van der Waals surface area contributed by atoms with Gasteiger partial charge in [0.25, 0.3) is 0 Å². The molecular formula is C13H19ClN2O. The second-order valence-corrected chi connectivity index (χ2v) is 4.87. The zero-order valence-corrected chi connectivity index (χ0v) is 11.4. The number of ether oxygens (including phenoxy) is 1. The molecule has 1 aliphatic carbocycles. The van der Waals surface area contributed by atoms with Gasteiger partial charge >= 0.3 is 0 Å². The maximum absolute atomic E-state index is 6.16. The monoisotopic (exact) mass is 254 g/mol. The van der Waals surface area contributed by atoms with Gasteiger partial charge in [-0.2, -0.15) is 0 Å². The van der Waals surface area contributed by atoms with Gasteiger partial charge in [-0.15, -0.1) is 0 Å². The first-order chi connectivity index (χ1) is 8.17. The highest BCUT2D eigenvalue weighted by Crippen LogP contribution is 2.42. The summed E-state index contributed by atoms with van der Waals surface area (Å²) in [4.78, 5) is 9.00. The average Bonchev–Trinajstić information content (AvgIpc) is 3.13. The molecule has 0 aromatic carbocycles. The molecule has 0 spiro atoms. The minimum absolute atomic E-state index is 0.0309. The molecule has 1 fully saturated rings. The van der Waals surface area contributed by atoms with E-state index in [-0.39, 0.29) is 6.10 Å². The summed E-state index contributed by atoms with van der Waals surface area (Å²) in [5.41, 5.74) is 2.02. The molecule has 1 aromatic rings. The third-order valence-corrected chi connectivity index (χ3v) is 3.56. The van der Waals surface area contributed by atoms with E-state index in [0.717, 1.165) is 23.5 Å². The van der Waals surface area contributed by atoms with Crippen LogP contribution in [0, 0.1) is 12.8 Å². The highest BCUT2D eigenvalue weighted by Gasteiger charge is 2.35. The summed E-state index contributed by atoms with van der Waals surface area (Å²) < 4.78 is 5.76. The van der Waals surface area contributed by atoms with Crippen LogP contribution >= 0.6 is 11.6 Å². The van der Waals surface area contributed by atoms with Gasteiger partial charge in [0.2, 0.25) is 0 Å². The first-order valence-electron chi connectivity index (χ1n) is 6.31. The summed E-state index contributed by atoms with van der Waals surface area (Å²) in [5.74, 6) is 1.35. The second-order valence-electron chi connectivity index (χ2n) is 4.51. The quantitative estimate of drug-likeness (QED) is 0.755. The molecule has 1 heterocycles. The minimum Gasteiger partial charge on any atom is -0.370 e. The lowest BCUT2D eigenvalue weighted by atomic mass is 10.1. The molecule has 1 aromatic heterocycles. The highest BCUT2D eigenvalue weighted by molar-refractivity contribution is 6.30. The van der Waals surface area contributed by atoms with Crippen molar-refractivity contribution in [2.24, 2.45) is 5.92 Å². The number of nitrogens with zero attached hydrogens (tertiary/aromatic N) is 2. The molecule has 17 heavy (non-hydrogen) atoms. The van der Waals surface area contributed by atoms with Crippen LogP contribution in [-0.4, -0.2) is 16.6 Å². The Bertz CT molecular complexity index is 405. The van der Waals surface area contributed by atoms with Crippen LogP contribution in [0.1, 0.15) is 49.9 Å². The fraction of sp³-hybridized carbons (Fsp3) is 0.692. The van der Waals surface area contributed by atoms with Gasteiger partial charge in [-0.1, -0.05) is 18.5 Å². The van der Waals surface area contributed by atoms with Crippen LogP contribution < -0.4 is 0 Å². The number of halogens is 1. The van der Waals surface area contributed by atoms with E-state index in [1.807, 2.05) is 13.8 Å². The van der Waals surface area contributed by atoms with Crippen molar-refractivity contribution in [1.82, 2.24) is 9.97 Å². The summed E-state index contributed by atoms with van der Waals surface area (Å²) in [7, 11) is 0. The fourth-order valence-corrected chi connectivity index (χ4v) is 2.22. The number of hydrogen-bond donors (Lipinski definition) is 0. The molecule has 4 heteroatoms. The van der Waals surface area contributed by atoms with Gasteiger partial charge in [0.15, 0.2) is 5.82 Å². The van der Waals surface area contributed by atoms with Crippen LogP contribution in [0.4, 0.5) is 0 Å². The van der Waals surface area contributed by atoms with Gasteiger partial charge in [-0.05, 0) is 39.0 Å². The highest BCUT2D eigenvalue weighted by atomic mass is 35.5. The van der Waals surface area contributed by atoms with E-state index in [2.05, 4.69) is 16.9 Å². The Morgan fingerprint density at radius 3 is 2.59 bits per heavy atom. The fourth-order valence-electron chi connectivity index (χ4n) is 2.02. The number of aromatic nitrogens is 2. The molecule has 0 amide bonds. The molecule has 0 aliphatic heterocycles. The molecule has 3 nitrogen and oxygen atoms in total. The molecular weight excluding hydrogens is 236 g/mol. The molecule has 2 rings (SSSR count). The molecule has 0 saturated heterocycles. The van der Waals surface area contributed by atoms with Gasteiger partial charge in [-0.25, -0.2) is 9.97 Å². The number of hydrogen-bond acceptors (Lipinski definition) is 3. The molecule has 0 N–H and O–H groups in total. The Hall–Kier alpha value is -0.670. The van der Waals surface area contributed by atoms with Crippen molar-refractivity contribution in [3.05, 3.63) is 22.2 Å². The van der Waals surface area contributed by atoms with Crippen molar-refractivity contribution >= 4 is 11.6 Å². The first kappa shape index (κ1) is 12.8. The van der Waals surface area contributed by atoms with Crippen molar-refractivity contribution in [3.8, 4) is 0 Å². The predicted molar refractivity (Wildman–Crippen MR) is 68.2 cm³/mol. The molecule has 0 bridgehead atoms.